The van der Waals surface area contributed by atoms with Gasteiger partial charge in [-0.1, -0.05) is 12.2 Å². The van der Waals surface area contributed by atoms with Crippen LogP contribution in [0.25, 0.3) is 0 Å². The molecular weight excluding hydrogens is 328 g/mol. The molecule has 26 heavy (non-hydrogen) atoms. The Kier molecular flexibility index (Phi) is 6.48. The molecule has 2 rings (SSSR count). The van der Waals surface area contributed by atoms with Crippen LogP contribution in [0.15, 0.2) is 43.0 Å². The monoisotopic (exact) mass is 358 g/mol. The largest absolute Gasteiger partial charge is 0.472 e. The summed E-state index contributed by atoms with van der Waals surface area (Å²) in [5, 5.41) is 0. The molecule has 0 aromatic heterocycles. The van der Waals surface area contributed by atoms with E-state index in [1.165, 1.54) is 0 Å². The van der Waals surface area contributed by atoms with Crippen molar-refractivity contribution in [1.82, 2.24) is 4.90 Å². The minimum absolute atomic E-state index is 0.167. The van der Waals surface area contributed by atoms with Gasteiger partial charge in [0.1, 0.15) is 11.4 Å². The highest BCUT2D eigenvalue weighted by molar-refractivity contribution is 5.90. The van der Waals surface area contributed by atoms with E-state index >= 15 is 0 Å². The molecule has 0 aliphatic carbocycles. The van der Waals surface area contributed by atoms with Gasteiger partial charge in [0.15, 0.2) is 6.23 Å². The lowest BCUT2D eigenvalue weighted by molar-refractivity contribution is 0.0584. The summed E-state index contributed by atoms with van der Waals surface area (Å²) < 4.78 is 11.6. The number of fused-ring (bicyclic) bond motifs is 1. The summed E-state index contributed by atoms with van der Waals surface area (Å²) in [6, 6.07) is 5.85. The Morgan fingerprint density at radius 2 is 2.15 bits per heavy atom. The van der Waals surface area contributed by atoms with Crippen molar-refractivity contribution in [2.45, 2.75) is 45.9 Å². The zero-order valence-corrected chi connectivity index (χ0v) is 16.5. The summed E-state index contributed by atoms with van der Waals surface area (Å²) in [4.78, 5) is 16.1. The number of benzene rings is 1. The predicted octanol–water partition coefficient (Wildman–Crippen LogP) is 4.38. The number of rotatable bonds is 6. The van der Waals surface area contributed by atoms with Gasteiger partial charge in [-0.05, 0) is 71.0 Å². The standard InChI is InChI=1S/C21H30N2O3/c1-7-9-19(22(6)13-8-2)25-17-10-11-18-16(15-17)12-14-23(18)20(24)26-21(3,4)5/h7-11,15,19H,2,12-14H2,1,3-6H3. The third-order valence-electron chi connectivity index (χ3n) is 4.03. The fourth-order valence-electron chi connectivity index (χ4n) is 2.85. The number of carbonyl (C=O) groups excluding carboxylic acids is 1. The number of carbonyl (C=O) groups is 1. The smallest absolute Gasteiger partial charge is 0.414 e. The molecule has 5 nitrogen and oxygen atoms in total. The first-order valence-corrected chi connectivity index (χ1v) is 8.99. The third kappa shape index (κ3) is 5.11. The number of ether oxygens (including phenoxy) is 2. The van der Waals surface area contributed by atoms with Crippen molar-refractivity contribution in [3.05, 3.63) is 48.6 Å². The average Bonchev–Trinajstić information content (AvgIpc) is 2.96. The van der Waals surface area contributed by atoms with Crippen LogP contribution in [0.4, 0.5) is 10.5 Å². The first kappa shape index (κ1) is 20.0. The Balaban J connectivity index is 2.14. The Morgan fingerprint density at radius 3 is 2.77 bits per heavy atom. The molecule has 1 aliphatic heterocycles. The summed E-state index contributed by atoms with van der Waals surface area (Å²) >= 11 is 0. The van der Waals surface area contributed by atoms with Crippen molar-refractivity contribution in [3.8, 4) is 5.75 Å². The van der Waals surface area contributed by atoms with Crippen LogP contribution in [0.5, 0.6) is 5.75 Å². The molecule has 5 heteroatoms. The fourth-order valence-corrected chi connectivity index (χ4v) is 2.85. The van der Waals surface area contributed by atoms with Gasteiger partial charge in [0.25, 0.3) is 0 Å². The summed E-state index contributed by atoms with van der Waals surface area (Å²) in [6.07, 6.45) is 6.15. The Hall–Kier alpha value is -2.27. The van der Waals surface area contributed by atoms with Gasteiger partial charge < -0.3 is 9.47 Å². The minimum Gasteiger partial charge on any atom is -0.472 e. The quantitative estimate of drug-likeness (QED) is 0.559. The number of amides is 1. The van der Waals surface area contributed by atoms with Crippen molar-refractivity contribution >= 4 is 11.8 Å². The van der Waals surface area contributed by atoms with E-state index in [2.05, 4.69) is 11.5 Å². The normalized spacial score (nSPS) is 15.2. The molecule has 1 atom stereocenters. The second-order valence-electron chi connectivity index (χ2n) is 7.43. The molecule has 0 bridgehead atoms. The van der Waals surface area contributed by atoms with Crippen LogP contribution in [0.2, 0.25) is 0 Å². The number of allylic oxidation sites excluding steroid dienone is 1. The number of nitrogens with zero attached hydrogens (tertiary/aromatic N) is 2. The summed E-state index contributed by atoms with van der Waals surface area (Å²) in [5.41, 5.74) is 1.49. The lowest BCUT2D eigenvalue weighted by Gasteiger charge is -2.26. The summed E-state index contributed by atoms with van der Waals surface area (Å²) in [6.45, 7) is 12.7. The molecule has 0 saturated heterocycles. The van der Waals surface area contributed by atoms with Crippen molar-refractivity contribution in [3.63, 3.8) is 0 Å². The van der Waals surface area contributed by atoms with E-state index in [1.807, 2.05) is 71.2 Å². The summed E-state index contributed by atoms with van der Waals surface area (Å²) in [7, 11) is 1.99. The van der Waals surface area contributed by atoms with E-state index in [9.17, 15) is 4.79 Å². The van der Waals surface area contributed by atoms with Crippen molar-refractivity contribution < 1.29 is 14.3 Å². The SMILES string of the molecule is C=CCN(C)C(C=CC)Oc1ccc2c(c1)CCN2C(=O)OC(C)(C)C. The van der Waals surface area contributed by atoms with E-state index in [-0.39, 0.29) is 12.3 Å². The third-order valence-corrected chi connectivity index (χ3v) is 4.03. The molecule has 0 fully saturated rings. The van der Waals surface area contributed by atoms with Crippen LogP contribution in [0.3, 0.4) is 0 Å². The lowest BCUT2D eigenvalue weighted by atomic mass is 10.1. The topological polar surface area (TPSA) is 42.0 Å². The van der Waals surface area contributed by atoms with Crippen LogP contribution in [0, 0.1) is 0 Å². The van der Waals surface area contributed by atoms with E-state index in [1.54, 1.807) is 4.90 Å². The Labute approximate surface area is 156 Å². The number of likely N-dealkylation sites (N-methyl/N-ethyl adjacent to an activating group) is 1. The molecule has 0 spiro atoms. The van der Waals surface area contributed by atoms with Gasteiger partial charge in [0.2, 0.25) is 0 Å². The highest BCUT2D eigenvalue weighted by Crippen LogP contribution is 2.33. The van der Waals surface area contributed by atoms with Crippen LogP contribution in [-0.4, -0.2) is 43.0 Å². The molecule has 0 saturated carbocycles. The highest BCUT2D eigenvalue weighted by atomic mass is 16.6. The van der Waals surface area contributed by atoms with Gasteiger partial charge in [0, 0.05) is 13.1 Å². The zero-order valence-electron chi connectivity index (χ0n) is 16.5. The molecule has 1 aromatic carbocycles. The maximum atomic E-state index is 12.4. The molecule has 0 N–H and O–H groups in total. The van der Waals surface area contributed by atoms with Gasteiger partial charge in [-0.25, -0.2) is 4.79 Å². The molecule has 1 unspecified atom stereocenters. The Morgan fingerprint density at radius 1 is 1.42 bits per heavy atom. The fraction of sp³-hybridized carbons (Fsp3) is 0.476. The van der Waals surface area contributed by atoms with E-state index < -0.39 is 5.60 Å². The van der Waals surface area contributed by atoms with Crippen molar-refractivity contribution in [2.24, 2.45) is 0 Å². The van der Waals surface area contributed by atoms with Crippen LogP contribution < -0.4 is 9.64 Å². The van der Waals surface area contributed by atoms with Gasteiger partial charge in [-0.15, -0.1) is 6.58 Å². The minimum atomic E-state index is -0.502. The second-order valence-corrected chi connectivity index (χ2v) is 7.43. The molecule has 142 valence electrons. The maximum Gasteiger partial charge on any atom is 0.414 e. The number of anilines is 1. The van der Waals surface area contributed by atoms with Crippen molar-refractivity contribution in [1.29, 1.82) is 0 Å². The predicted molar refractivity (Wildman–Crippen MR) is 106 cm³/mol. The molecule has 1 aliphatic rings. The molecular formula is C21H30N2O3. The lowest BCUT2D eigenvalue weighted by Crippen LogP contribution is -2.35. The van der Waals surface area contributed by atoms with E-state index in [0.717, 1.165) is 30.0 Å². The first-order valence-electron chi connectivity index (χ1n) is 8.99. The number of hydrogen-bond acceptors (Lipinski definition) is 4. The zero-order chi connectivity index (χ0) is 19.3. The van der Waals surface area contributed by atoms with Gasteiger partial charge in [-0.2, -0.15) is 0 Å². The van der Waals surface area contributed by atoms with Crippen LogP contribution in [-0.2, 0) is 11.2 Å². The second kappa shape index (κ2) is 8.41. The van der Waals surface area contributed by atoms with Gasteiger partial charge >= 0.3 is 6.09 Å². The number of hydrogen-bond donors (Lipinski definition) is 0. The van der Waals surface area contributed by atoms with E-state index in [0.29, 0.717) is 6.54 Å². The first-order chi connectivity index (χ1) is 12.2. The summed E-state index contributed by atoms with van der Waals surface area (Å²) in [5.74, 6) is 0.786. The van der Waals surface area contributed by atoms with Crippen LogP contribution >= 0.6 is 0 Å². The van der Waals surface area contributed by atoms with Gasteiger partial charge in [-0.3, -0.25) is 9.80 Å². The average molecular weight is 358 g/mol. The van der Waals surface area contributed by atoms with Crippen LogP contribution in [0.1, 0.15) is 33.3 Å². The molecule has 1 aromatic rings. The molecule has 1 heterocycles. The van der Waals surface area contributed by atoms with Crippen molar-refractivity contribution in [2.75, 3.05) is 25.0 Å². The Bertz CT molecular complexity index is 676. The van der Waals surface area contributed by atoms with Gasteiger partial charge in [0.05, 0.1) is 5.69 Å². The maximum absolute atomic E-state index is 12.4. The highest BCUT2D eigenvalue weighted by Gasteiger charge is 2.29. The molecule has 0 radical (unpaired) electrons. The van der Waals surface area contributed by atoms with E-state index in [4.69, 9.17) is 9.47 Å². The molecule has 1 amide bonds.